The summed E-state index contributed by atoms with van der Waals surface area (Å²) in [5.74, 6) is 1.41. The van der Waals surface area contributed by atoms with Crippen LogP contribution in [-0.4, -0.2) is 21.7 Å². The second-order valence-electron chi connectivity index (χ2n) is 4.31. The number of aliphatic hydroxyl groups excluding tert-OH is 1. The predicted octanol–water partition coefficient (Wildman–Crippen LogP) is 1.42. The molecule has 5 heteroatoms. The summed E-state index contributed by atoms with van der Waals surface area (Å²) in [4.78, 5) is 0. The number of aliphatic hydroxyl groups is 1. The fraction of sp³-hybridized carbons (Fsp3) is 0.308. The van der Waals surface area contributed by atoms with Crippen molar-refractivity contribution in [2.75, 3.05) is 6.79 Å². The molecule has 0 radical (unpaired) electrons. The third-order valence-corrected chi connectivity index (χ3v) is 2.95. The van der Waals surface area contributed by atoms with Gasteiger partial charge in [-0.3, -0.25) is 4.68 Å². The highest BCUT2D eigenvalue weighted by atomic mass is 16.7. The maximum atomic E-state index is 10.2. The molecular weight excluding hydrogens is 232 g/mol. The molecule has 0 fully saturated rings. The van der Waals surface area contributed by atoms with Crippen molar-refractivity contribution in [3.63, 3.8) is 0 Å². The van der Waals surface area contributed by atoms with E-state index in [0.717, 1.165) is 17.0 Å². The summed E-state index contributed by atoms with van der Waals surface area (Å²) >= 11 is 0. The van der Waals surface area contributed by atoms with Gasteiger partial charge in [0.05, 0.1) is 11.8 Å². The molecule has 1 aliphatic heterocycles. The second-order valence-corrected chi connectivity index (χ2v) is 4.31. The van der Waals surface area contributed by atoms with Gasteiger partial charge in [-0.2, -0.15) is 5.10 Å². The first-order valence-corrected chi connectivity index (χ1v) is 5.78. The van der Waals surface area contributed by atoms with Gasteiger partial charge in [0.25, 0.3) is 0 Å². The summed E-state index contributed by atoms with van der Waals surface area (Å²) in [6.45, 7) is 0.245. The van der Waals surface area contributed by atoms with Crippen LogP contribution >= 0.6 is 0 Å². The minimum Gasteiger partial charge on any atom is -0.454 e. The molecule has 0 spiro atoms. The predicted molar refractivity (Wildman–Crippen MR) is 64.4 cm³/mol. The van der Waals surface area contributed by atoms with Gasteiger partial charge in [0, 0.05) is 19.7 Å². The topological polar surface area (TPSA) is 56.5 Å². The van der Waals surface area contributed by atoms with E-state index in [2.05, 4.69) is 5.10 Å². The van der Waals surface area contributed by atoms with Crippen molar-refractivity contribution >= 4 is 0 Å². The molecule has 0 aliphatic carbocycles. The van der Waals surface area contributed by atoms with E-state index in [4.69, 9.17) is 9.47 Å². The highest BCUT2D eigenvalue weighted by molar-refractivity contribution is 5.45. The molecule has 0 saturated heterocycles. The normalized spacial score (nSPS) is 14.8. The van der Waals surface area contributed by atoms with Crippen molar-refractivity contribution in [2.45, 2.75) is 12.5 Å². The van der Waals surface area contributed by atoms with Crippen molar-refractivity contribution in [3.8, 4) is 11.5 Å². The Morgan fingerprint density at radius 1 is 1.33 bits per heavy atom. The van der Waals surface area contributed by atoms with E-state index >= 15 is 0 Å². The van der Waals surface area contributed by atoms with E-state index in [-0.39, 0.29) is 6.79 Å². The van der Waals surface area contributed by atoms with Gasteiger partial charge in [-0.1, -0.05) is 6.07 Å². The van der Waals surface area contributed by atoms with Crippen molar-refractivity contribution in [2.24, 2.45) is 7.05 Å². The zero-order chi connectivity index (χ0) is 12.5. The van der Waals surface area contributed by atoms with Crippen LogP contribution < -0.4 is 9.47 Å². The number of benzene rings is 1. The summed E-state index contributed by atoms with van der Waals surface area (Å²) < 4.78 is 12.2. The Balaban J connectivity index is 1.78. The van der Waals surface area contributed by atoms with Crippen molar-refractivity contribution in [1.82, 2.24) is 9.78 Å². The maximum absolute atomic E-state index is 10.2. The average Bonchev–Trinajstić information content (AvgIpc) is 2.96. The number of aryl methyl sites for hydroxylation is 1. The van der Waals surface area contributed by atoms with E-state index in [0.29, 0.717) is 12.2 Å². The first-order chi connectivity index (χ1) is 8.72. The Bertz CT molecular complexity index is 565. The van der Waals surface area contributed by atoms with E-state index < -0.39 is 6.10 Å². The van der Waals surface area contributed by atoms with Crippen LogP contribution in [0, 0.1) is 0 Å². The molecular formula is C13H14N2O3. The zero-order valence-corrected chi connectivity index (χ0v) is 10.0. The Morgan fingerprint density at radius 2 is 2.17 bits per heavy atom. The van der Waals surface area contributed by atoms with Gasteiger partial charge in [0.1, 0.15) is 0 Å². The second kappa shape index (κ2) is 4.34. The largest absolute Gasteiger partial charge is 0.454 e. The van der Waals surface area contributed by atoms with Gasteiger partial charge in [0.2, 0.25) is 6.79 Å². The lowest BCUT2D eigenvalue weighted by atomic mass is 10.0. The molecule has 0 bridgehead atoms. The van der Waals surface area contributed by atoms with Crippen LogP contribution in [0.25, 0.3) is 0 Å². The quantitative estimate of drug-likeness (QED) is 0.890. The lowest BCUT2D eigenvalue weighted by Crippen LogP contribution is -2.03. The number of hydrogen-bond donors (Lipinski definition) is 1. The highest BCUT2D eigenvalue weighted by Crippen LogP contribution is 2.34. The Morgan fingerprint density at radius 3 is 2.94 bits per heavy atom. The van der Waals surface area contributed by atoms with E-state index in [1.807, 2.05) is 37.5 Å². The standard InChI is InChI=1S/C13H14N2O3/c1-15-5-4-10(14-15)7-11(16)9-2-3-12-13(6-9)18-8-17-12/h2-6,11,16H,7-8H2,1H3. The molecule has 5 nitrogen and oxygen atoms in total. The lowest BCUT2D eigenvalue weighted by Gasteiger charge is -2.10. The summed E-state index contributed by atoms with van der Waals surface area (Å²) in [7, 11) is 1.86. The summed E-state index contributed by atoms with van der Waals surface area (Å²) in [6.07, 6.45) is 1.76. The SMILES string of the molecule is Cn1ccc(CC(O)c2ccc3c(c2)OCO3)n1. The number of aromatic nitrogens is 2. The molecule has 18 heavy (non-hydrogen) atoms. The molecule has 1 N–H and O–H groups in total. The van der Waals surface area contributed by atoms with Crippen LogP contribution in [0.4, 0.5) is 0 Å². The Hall–Kier alpha value is -2.01. The minimum atomic E-state index is -0.589. The fourth-order valence-corrected chi connectivity index (χ4v) is 2.01. The first-order valence-electron chi connectivity index (χ1n) is 5.78. The van der Waals surface area contributed by atoms with Gasteiger partial charge in [0.15, 0.2) is 11.5 Å². The van der Waals surface area contributed by atoms with Crippen LogP contribution in [0.5, 0.6) is 11.5 Å². The van der Waals surface area contributed by atoms with Crippen molar-refractivity contribution in [1.29, 1.82) is 0 Å². The van der Waals surface area contributed by atoms with Gasteiger partial charge in [-0.05, 0) is 23.8 Å². The number of fused-ring (bicyclic) bond motifs is 1. The van der Waals surface area contributed by atoms with E-state index in [9.17, 15) is 5.11 Å². The highest BCUT2D eigenvalue weighted by Gasteiger charge is 2.17. The molecule has 1 unspecified atom stereocenters. The van der Waals surface area contributed by atoms with Gasteiger partial charge in [-0.25, -0.2) is 0 Å². The summed E-state index contributed by atoms with van der Waals surface area (Å²) in [5.41, 5.74) is 1.67. The first kappa shape index (κ1) is 11.1. The van der Waals surface area contributed by atoms with Crippen LogP contribution in [0.2, 0.25) is 0 Å². The van der Waals surface area contributed by atoms with Gasteiger partial charge in [-0.15, -0.1) is 0 Å². The van der Waals surface area contributed by atoms with Crippen molar-refractivity contribution in [3.05, 3.63) is 41.7 Å². The smallest absolute Gasteiger partial charge is 0.231 e. The molecule has 0 saturated carbocycles. The van der Waals surface area contributed by atoms with Crippen LogP contribution in [-0.2, 0) is 13.5 Å². The van der Waals surface area contributed by atoms with E-state index in [1.54, 1.807) is 4.68 Å². The molecule has 1 aromatic heterocycles. The van der Waals surface area contributed by atoms with Gasteiger partial charge < -0.3 is 14.6 Å². The van der Waals surface area contributed by atoms with Crippen LogP contribution in [0.15, 0.2) is 30.5 Å². The molecule has 0 amide bonds. The molecule has 94 valence electrons. The van der Waals surface area contributed by atoms with Gasteiger partial charge >= 0.3 is 0 Å². The average molecular weight is 246 g/mol. The molecule has 2 aromatic rings. The maximum Gasteiger partial charge on any atom is 0.231 e. The zero-order valence-electron chi connectivity index (χ0n) is 10.0. The van der Waals surface area contributed by atoms with E-state index in [1.165, 1.54) is 0 Å². The monoisotopic (exact) mass is 246 g/mol. The van der Waals surface area contributed by atoms with Crippen LogP contribution in [0.1, 0.15) is 17.4 Å². The molecule has 1 atom stereocenters. The summed E-state index contributed by atoms with van der Waals surface area (Å²) in [5, 5.41) is 14.4. The van der Waals surface area contributed by atoms with Crippen molar-refractivity contribution < 1.29 is 14.6 Å². The Labute approximate surface area is 105 Å². The number of rotatable bonds is 3. The summed E-state index contributed by atoms with van der Waals surface area (Å²) in [6, 6.07) is 7.38. The third kappa shape index (κ3) is 2.04. The molecule has 3 rings (SSSR count). The lowest BCUT2D eigenvalue weighted by molar-refractivity contribution is 0.171. The number of hydrogen-bond acceptors (Lipinski definition) is 4. The number of nitrogens with zero attached hydrogens (tertiary/aromatic N) is 2. The van der Waals surface area contributed by atoms with Crippen LogP contribution in [0.3, 0.4) is 0 Å². The molecule has 2 heterocycles. The Kier molecular flexibility index (Phi) is 2.68. The number of ether oxygens (including phenoxy) is 2. The molecule has 1 aliphatic rings. The third-order valence-electron chi connectivity index (χ3n) is 2.95. The fourth-order valence-electron chi connectivity index (χ4n) is 2.01. The molecule has 1 aromatic carbocycles. The minimum absolute atomic E-state index is 0.245.